The lowest BCUT2D eigenvalue weighted by molar-refractivity contribution is 0.706. The summed E-state index contributed by atoms with van der Waals surface area (Å²) in [6, 6.07) is 0. The van der Waals surface area contributed by atoms with Crippen LogP contribution < -0.4 is 5.73 Å². The Kier molecular flexibility index (Phi) is 3.83. The van der Waals surface area contributed by atoms with Crippen molar-refractivity contribution in [2.45, 2.75) is 25.7 Å². The number of aliphatic imine (C=N–C) groups is 2. The summed E-state index contributed by atoms with van der Waals surface area (Å²) in [4.78, 5) is 8.21. The highest BCUT2D eigenvalue weighted by Gasteiger charge is 1.98. The first-order chi connectivity index (χ1) is 5.43. The molecular weight excluding hydrogens is 138 g/mol. The van der Waals surface area contributed by atoms with Crippen molar-refractivity contribution in [3.05, 3.63) is 0 Å². The molecule has 1 aliphatic heterocycles. The van der Waals surface area contributed by atoms with Crippen molar-refractivity contribution >= 4 is 11.9 Å². The maximum atomic E-state index is 5.37. The molecule has 0 saturated heterocycles. The number of nitrogens with two attached hydrogens (primary N) is 1. The van der Waals surface area contributed by atoms with Crippen LogP contribution in [0.25, 0.3) is 0 Å². The fourth-order valence-corrected chi connectivity index (χ4v) is 1.09. The van der Waals surface area contributed by atoms with Crippen molar-refractivity contribution in [2.24, 2.45) is 15.7 Å². The first-order valence-electron chi connectivity index (χ1n) is 4.16. The molecule has 62 valence electrons. The van der Waals surface area contributed by atoms with Crippen molar-refractivity contribution < 1.29 is 0 Å². The van der Waals surface area contributed by atoms with E-state index >= 15 is 0 Å². The predicted octanol–water partition coefficient (Wildman–Crippen LogP) is 0.988. The van der Waals surface area contributed by atoms with Gasteiger partial charge in [-0.15, -0.1) is 0 Å². The molecule has 1 aliphatic rings. The lowest BCUT2D eigenvalue weighted by Gasteiger charge is -1.96. The summed E-state index contributed by atoms with van der Waals surface area (Å²) in [6.07, 6.45) is 6.49. The van der Waals surface area contributed by atoms with Crippen molar-refractivity contribution in [1.29, 1.82) is 0 Å². The smallest absolute Gasteiger partial charge is 0.129 e. The molecule has 3 nitrogen and oxygen atoms in total. The van der Waals surface area contributed by atoms with Crippen LogP contribution in [0.2, 0.25) is 0 Å². The summed E-state index contributed by atoms with van der Waals surface area (Å²) in [6.45, 7) is 1.45. The minimum Gasteiger partial charge on any atom is -0.330 e. The quantitative estimate of drug-likeness (QED) is 0.588. The zero-order chi connectivity index (χ0) is 7.94. The Bertz CT molecular complexity index is 161. The highest BCUT2D eigenvalue weighted by molar-refractivity contribution is 6.31. The summed E-state index contributed by atoms with van der Waals surface area (Å²) < 4.78 is 0. The molecular formula is C8H15N3. The third-order valence-corrected chi connectivity index (χ3v) is 1.73. The molecule has 0 spiro atoms. The Morgan fingerprint density at radius 2 is 2.27 bits per heavy atom. The zero-order valence-electron chi connectivity index (χ0n) is 6.79. The third kappa shape index (κ3) is 3.28. The van der Waals surface area contributed by atoms with E-state index in [4.69, 9.17) is 5.73 Å². The SMILES string of the molecule is NCCCCCC1=NCN=C1. The molecule has 0 aliphatic carbocycles. The molecule has 11 heavy (non-hydrogen) atoms. The second-order valence-electron chi connectivity index (χ2n) is 2.70. The van der Waals surface area contributed by atoms with Gasteiger partial charge < -0.3 is 5.73 Å². The van der Waals surface area contributed by atoms with Crippen LogP contribution in [0.5, 0.6) is 0 Å². The van der Waals surface area contributed by atoms with Gasteiger partial charge in [-0.3, -0.25) is 9.98 Å². The average Bonchev–Trinajstić information content (AvgIpc) is 2.50. The lowest BCUT2D eigenvalue weighted by Crippen LogP contribution is -2.00. The molecule has 3 heteroatoms. The molecule has 1 rings (SSSR count). The van der Waals surface area contributed by atoms with E-state index in [1.54, 1.807) is 0 Å². The summed E-state index contributed by atoms with van der Waals surface area (Å²) >= 11 is 0. The van der Waals surface area contributed by atoms with Crippen LogP contribution in [0.4, 0.5) is 0 Å². The molecule has 0 bridgehead atoms. The van der Waals surface area contributed by atoms with E-state index in [2.05, 4.69) is 9.98 Å². The second-order valence-corrected chi connectivity index (χ2v) is 2.70. The van der Waals surface area contributed by atoms with Crippen LogP contribution in [0.3, 0.4) is 0 Å². The Morgan fingerprint density at radius 3 is 2.91 bits per heavy atom. The number of hydrogen-bond acceptors (Lipinski definition) is 3. The molecule has 1 heterocycles. The van der Waals surface area contributed by atoms with Gasteiger partial charge in [0.05, 0.1) is 5.71 Å². The fourth-order valence-electron chi connectivity index (χ4n) is 1.09. The number of hydrogen-bond donors (Lipinski definition) is 1. The summed E-state index contributed by atoms with van der Waals surface area (Å²) in [5.41, 5.74) is 6.52. The lowest BCUT2D eigenvalue weighted by atomic mass is 10.1. The van der Waals surface area contributed by atoms with Gasteiger partial charge in [0.2, 0.25) is 0 Å². The van der Waals surface area contributed by atoms with Crippen LogP contribution >= 0.6 is 0 Å². The average molecular weight is 153 g/mol. The Labute approximate surface area is 67.4 Å². The predicted molar refractivity (Wildman–Crippen MR) is 48.3 cm³/mol. The first kappa shape index (κ1) is 8.40. The van der Waals surface area contributed by atoms with Crippen molar-refractivity contribution in [3.63, 3.8) is 0 Å². The van der Waals surface area contributed by atoms with Gasteiger partial charge in [-0.25, -0.2) is 0 Å². The Morgan fingerprint density at radius 1 is 1.36 bits per heavy atom. The van der Waals surface area contributed by atoms with Crippen LogP contribution in [-0.4, -0.2) is 25.1 Å². The second kappa shape index (κ2) is 5.02. The van der Waals surface area contributed by atoms with Crippen LogP contribution in [-0.2, 0) is 0 Å². The van der Waals surface area contributed by atoms with Crippen LogP contribution in [0, 0.1) is 0 Å². The molecule has 0 saturated carbocycles. The summed E-state index contributed by atoms with van der Waals surface area (Å²) in [5, 5.41) is 0. The van der Waals surface area contributed by atoms with Crippen LogP contribution in [0.15, 0.2) is 9.98 Å². The van der Waals surface area contributed by atoms with E-state index in [1.165, 1.54) is 12.8 Å². The van der Waals surface area contributed by atoms with Gasteiger partial charge >= 0.3 is 0 Å². The van der Waals surface area contributed by atoms with E-state index in [0.29, 0.717) is 6.67 Å². The Hall–Kier alpha value is -0.700. The molecule has 0 aromatic rings. The summed E-state index contributed by atoms with van der Waals surface area (Å²) in [5.74, 6) is 0. The topological polar surface area (TPSA) is 50.7 Å². The van der Waals surface area contributed by atoms with E-state index in [1.807, 2.05) is 6.21 Å². The fraction of sp³-hybridized carbons (Fsp3) is 0.750. The van der Waals surface area contributed by atoms with Crippen molar-refractivity contribution in [2.75, 3.05) is 13.2 Å². The van der Waals surface area contributed by atoms with Gasteiger partial charge in [0.1, 0.15) is 6.67 Å². The first-order valence-corrected chi connectivity index (χ1v) is 4.16. The minimum absolute atomic E-state index is 0.645. The van der Waals surface area contributed by atoms with Crippen molar-refractivity contribution in [3.8, 4) is 0 Å². The number of nitrogens with zero attached hydrogens (tertiary/aromatic N) is 2. The normalized spacial score (nSPS) is 15.5. The van der Waals surface area contributed by atoms with Gasteiger partial charge in [0.25, 0.3) is 0 Å². The monoisotopic (exact) mass is 153 g/mol. The maximum absolute atomic E-state index is 5.37. The van der Waals surface area contributed by atoms with Gasteiger partial charge in [-0.05, 0) is 25.8 Å². The van der Waals surface area contributed by atoms with Gasteiger partial charge in [0.15, 0.2) is 0 Å². The van der Waals surface area contributed by atoms with Gasteiger partial charge in [-0.1, -0.05) is 6.42 Å². The number of unbranched alkanes of at least 4 members (excludes halogenated alkanes) is 2. The van der Waals surface area contributed by atoms with E-state index < -0.39 is 0 Å². The standard InChI is InChI=1S/C8H15N3/c9-5-3-1-2-4-8-6-10-7-11-8/h6H,1-5,7,9H2. The Balaban J connectivity index is 1.99. The maximum Gasteiger partial charge on any atom is 0.129 e. The van der Waals surface area contributed by atoms with Gasteiger partial charge in [0, 0.05) is 6.21 Å². The zero-order valence-corrected chi connectivity index (χ0v) is 6.79. The third-order valence-electron chi connectivity index (χ3n) is 1.73. The minimum atomic E-state index is 0.645. The molecule has 0 fully saturated rings. The molecule has 2 N–H and O–H groups in total. The molecule has 0 aromatic heterocycles. The molecule has 0 amide bonds. The highest BCUT2D eigenvalue weighted by atomic mass is 15.0. The highest BCUT2D eigenvalue weighted by Crippen LogP contribution is 2.02. The van der Waals surface area contributed by atoms with E-state index in [0.717, 1.165) is 25.1 Å². The molecule has 0 unspecified atom stereocenters. The van der Waals surface area contributed by atoms with E-state index in [9.17, 15) is 0 Å². The van der Waals surface area contributed by atoms with Gasteiger partial charge in [-0.2, -0.15) is 0 Å². The molecule has 0 aromatic carbocycles. The number of rotatable bonds is 5. The van der Waals surface area contributed by atoms with Crippen LogP contribution in [0.1, 0.15) is 25.7 Å². The van der Waals surface area contributed by atoms with Crippen molar-refractivity contribution in [1.82, 2.24) is 0 Å². The van der Waals surface area contributed by atoms with E-state index in [-0.39, 0.29) is 0 Å². The molecule has 0 radical (unpaired) electrons. The molecule has 0 atom stereocenters. The largest absolute Gasteiger partial charge is 0.330 e. The summed E-state index contributed by atoms with van der Waals surface area (Å²) in [7, 11) is 0.